The van der Waals surface area contributed by atoms with E-state index in [2.05, 4.69) is 25.8 Å². The number of hydrogen-bond donors (Lipinski definition) is 0. The van der Waals surface area contributed by atoms with Crippen LogP contribution in [-0.4, -0.2) is 5.71 Å². The summed E-state index contributed by atoms with van der Waals surface area (Å²) in [6.07, 6.45) is 2.27. The Hall–Kier alpha value is -0.590. The van der Waals surface area contributed by atoms with Crippen molar-refractivity contribution in [2.45, 2.75) is 33.6 Å². The van der Waals surface area contributed by atoms with Crippen LogP contribution in [0.25, 0.3) is 0 Å². The summed E-state index contributed by atoms with van der Waals surface area (Å²) < 4.78 is 0. The zero-order valence-corrected chi connectivity index (χ0v) is 6.36. The van der Waals surface area contributed by atoms with E-state index in [-0.39, 0.29) is 0 Å². The highest BCUT2D eigenvalue weighted by atomic mass is 14.8. The molecule has 1 nitrogen and oxygen atoms in total. The first-order valence-electron chi connectivity index (χ1n) is 3.46. The average molecular weight is 123 g/mol. The molecule has 0 amide bonds. The van der Waals surface area contributed by atoms with E-state index in [1.165, 1.54) is 17.0 Å². The minimum atomic E-state index is 1.11. The van der Waals surface area contributed by atoms with E-state index in [9.17, 15) is 0 Å². The van der Waals surface area contributed by atoms with Crippen molar-refractivity contribution in [3.05, 3.63) is 11.3 Å². The molecule has 9 heavy (non-hydrogen) atoms. The normalized spacial score (nSPS) is 18.8. The summed E-state index contributed by atoms with van der Waals surface area (Å²) in [5.41, 5.74) is 4.02. The second-order valence-corrected chi connectivity index (χ2v) is 2.57. The Labute approximate surface area is 56.5 Å². The molecular weight excluding hydrogens is 110 g/mol. The summed E-state index contributed by atoms with van der Waals surface area (Å²) in [4.78, 5) is 4.34. The second-order valence-electron chi connectivity index (χ2n) is 2.57. The molecule has 0 atom stereocenters. The van der Waals surface area contributed by atoms with Gasteiger partial charge in [-0.1, -0.05) is 6.92 Å². The fraction of sp³-hybridized carbons (Fsp3) is 0.625. The first-order valence-corrected chi connectivity index (χ1v) is 3.46. The first kappa shape index (κ1) is 6.53. The molecule has 0 aromatic heterocycles. The highest BCUT2D eigenvalue weighted by Gasteiger charge is 2.08. The van der Waals surface area contributed by atoms with Crippen molar-refractivity contribution >= 4 is 5.71 Å². The van der Waals surface area contributed by atoms with Gasteiger partial charge < -0.3 is 0 Å². The summed E-state index contributed by atoms with van der Waals surface area (Å²) in [5, 5.41) is 0. The minimum absolute atomic E-state index is 1.11. The Morgan fingerprint density at radius 1 is 1.44 bits per heavy atom. The van der Waals surface area contributed by atoms with Crippen molar-refractivity contribution < 1.29 is 0 Å². The van der Waals surface area contributed by atoms with Crippen molar-refractivity contribution in [1.82, 2.24) is 0 Å². The molecule has 0 spiro atoms. The van der Waals surface area contributed by atoms with Crippen molar-refractivity contribution in [3.8, 4) is 0 Å². The fourth-order valence-corrected chi connectivity index (χ4v) is 1.22. The molecule has 0 aliphatic carbocycles. The smallest absolute Gasteiger partial charge is 0.0367 e. The van der Waals surface area contributed by atoms with Crippen LogP contribution in [0.1, 0.15) is 33.6 Å². The molecule has 0 aromatic rings. The van der Waals surface area contributed by atoms with Crippen LogP contribution in [-0.2, 0) is 0 Å². The van der Waals surface area contributed by atoms with Gasteiger partial charge in [-0.15, -0.1) is 0 Å². The standard InChI is InChI=1S/C8H13N/c1-4-8-5-6(2)9-7(8)3/h4-5H2,1-3H3. The van der Waals surface area contributed by atoms with E-state index in [0.717, 1.165) is 12.8 Å². The van der Waals surface area contributed by atoms with E-state index in [1.54, 1.807) is 0 Å². The van der Waals surface area contributed by atoms with Gasteiger partial charge in [0.15, 0.2) is 0 Å². The van der Waals surface area contributed by atoms with Gasteiger partial charge in [0.2, 0.25) is 0 Å². The van der Waals surface area contributed by atoms with Crippen LogP contribution in [0.15, 0.2) is 16.3 Å². The molecule has 1 rings (SSSR count). The Kier molecular flexibility index (Phi) is 1.70. The third kappa shape index (κ3) is 1.21. The van der Waals surface area contributed by atoms with Crippen LogP contribution >= 0.6 is 0 Å². The lowest BCUT2D eigenvalue weighted by Gasteiger charge is -1.94. The molecule has 0 N–H and O–H groups in total. The second kappa shape index (κ2) is 2.34. The molecule has 0 unspecified atom stereocenters. The molecule has 1 heterocycles. The Morgan fingerprint density at radius 2 is 2.11 bits per heavy atom. The summed E-state index contributed by atoms with van der Waals surface area (Å²) in [5.74, 6) is 0. The summed E-state index contributed by atoms with van der Waals surface area (Å²) in [6.45, 7) is 6.37. The van der Waals surface area contributed by atoms with Gasteiger partial charge >= 0.3 is 0 Å². The molecular formula is C8H13N. The molecule has 1 aliphatic rings. The Balaban J connectivity index is 2.72. The first-order chi connectivity index (χ1) is 4.24. The fourth-order valence-electron chi connectivity index (χ4n) is 1.22. The van der Waals surface area contributed by atoms with Gasteiger partial charge in [0, 0.05) is 17.8 Å². The maximum Gasteiger partial charge on any atom is 0.0367 e. The monoisotopic (exact) mass is 123 g/mol. The number of allylic oxidation sites excluding steroid dienone is 2. The lowest BCUT2D eigenvalue weighted by molar-refractivity contribution is 1.04. The maximum absolute atomic E-state index is 4.34. The van der Waals surface area contributed by atoms with Gasteiger partial charge in [-0.05, 0) is 25.8 Å². The molecule has 1 heteroatoms. The number of rotatable bonds is 1. The van der Waals surface area contributed by atoms with Crippen molar-refractivity contribution in [1.29, 1.82) is 0 Å². The highest BCUT2D eigenvalue weighted by molar-refractivity contribution is 5.87. The van der Waals surface area contributed by atoms with Gasteiger partial charge in [0.05, 0.1) is 0 Å². The molecule has 0 fully saturated rings. The van der Waals surface area contributed by atoms with Gasteiger partial charge in [0.25, 0.3) is 0 Å². The number of aliphatic imine (C=N–C) groups is 1. The summed E-state index contributed by atoms with van der Waals surface area (Å²) >= 11 is 0. The molecule has 0 radical (unpaired) electrons. The number of hydrogen-bond acceptors (Lipinski definition) is 1. The maximum atomic E-state index is 4.34. The lowest BCUT2D eigenvalue weighted by Crippen LogP contribution is -1.85. The molecule has 0 bridgehead atoms. The molecule has 50 valence electrons. The largest absolute Gasteiger partial charge is 0.263 e. The third-order valence-electron chi connectivity index (χ3n) is 1.77. The Morgan fingerprint density at radius 3 is 2.33 bits per heavy atom. The van der Waals surface area contributed by atoms with Crippen molar-refractivity contribution in [2.75, 3.05) is 0 Å². The van der Waals surface area contributed by atoms with Crippen molar-refractivity contribution in [2.24, 2.45) is 4.99 Å². The van der Waals surface area contributed by atoms with E-state index in [4.69, 9.17) is 0 Å². The third-order valence-corrected chi connectivity index (χ3v) is 1.77. The molecule has 1 aliphatic heterocycles. The highest BCUT2D eigenvalue weighted by Crippen LogP contribution is 2.21. The van der Waals surface area contributed by atoms with Gasteiger partial charge in [-0.25, -0.2) is 0 Å². The van der Waals surface area contributed by atoms with Gasteiger partial charge in [-0.3, -0.25) is 4.99 Å². The van der Waals surface area contributed by atoms with Crippen LogP contribution in [0.5, 0.6) is 0 Å². The minimum Gasteiger partial charge on any atom is -0.263 e. The number of nitrogens with zero attached hydrogens (tertiary/aromatic N) is 1. The van der Waals surface area contributed by atoms with Crippen LogP contribution < -0.4 is 0 Å². The van der Waals surface area contributed by atoms with Crippen LogP contribution in [0.2, 0.25) is 0 Å². The predicted octanol–water partition coefficient (Wildman–Crippen LogP) is 2.54. The van der Waals surface area contributed by atoms with Crippen LogP contribution in [0.4, 0.5) is 0 Å². The molecule has 0 saturated heterocycles. The zero-order chi connectivity index (χ0) is 6.85. The quantitative estimate of drug-likeness (QED) is 0.508. The van der Waals surface area contributed by atoms with E-state index in [1.807, 2.05) is 0 Å². The predicted molar refractivity (Wildman–Crippen MR) is 40.7 cm³/mol. The summed E-state index contributed by atoms with van der Waals surface area (Å²) in [7, 11) is 0. The van der Waals surface area contributed by atoms with Crippen molar-refractivity contribution in [3.63, 3.8) is 0 Å². The Bertz CT molecular complexity index is 175. The lowest BCUT2D eigenvalue weighted by atomic mass is 10.1. The van der Waals surface area contributed by atoms with E-state index in [0.29, 0.717) is 0 Å². The van der Waals surface area contributed by atoms with E-state index < -0.39 is 0 Å². The SMILES string of the molecule is CCC1=C(C)N=C(C)C1. The van der Waals surface area contributed by atoms with Crippen LogP contribution in [0.3, 0.4) is 0 Å². The topological polar surface area (TPSA) is 12.4 Å². The average Bonchev–Trinajstić information content (AvgIpc) is 2.10. The van der Waals surface area contributed by atoms with Gasteiger partial charge in [0.1, 0.15) is 0 Å². The van der Waals surface area contributed by atoms with Crippen LogP contribution in [0, 0.1) is 0 Å². The van der Waals surface area contributed by atoms with E-state index >= 15 is 0 Å². The summed E-state index contributed by atoms with van der Waals surface area (Å²) in [6, 6.07) is 0. The van der Waals surface area contributed by atoms with Gasteiger partial charge in [-0.2, -0.15) is 0 Å². The molecule has 0 saturated carbocycles. The zero-order valence-electron chi connectivity index (χ0n) is 6.36. The molecule has 0 aromatic carbocycles.